The number of halogens is 1. The van der Waals surface area contributed by atoms with Gasteiger partial charge in [-0.2, -0.15) is 0 Å². The lowest BCUT2D eigenvalue weighted by molar-refractivity contribution is 0.776. The summed E-state index contributed by atoms with van der Waals surface area (Å²) in [5.41, 5.74) is 2.85. The van der Waals surface area contributed by atoms with Gasteiger partial charge in [-0.05, 0) is 31.0 Å². The Morgan fingerprint density at radius 3 is 2.93 bits per heavy atom. The van der Waals surface area contributed by atoms with Crippen LogP contribution in [0.5, 0.6) is 0 Å². The van der Waals surface area contributed by atoms with E-state index >= 15 is 0 Å². The second kappa shape index (κ2) is 4.58. The zero-order chi connectivity index (χ0) is 10.7. The number of aryl methyl sites for hydroxylation is 1. The highest BCUT2D eigenvalue weighted by molar-refractivity contribution is 6.31. The van der Waals surface area contributed by atoms with E-state index in [0.717, 1.165) is 29.6 Å². The highest BCUT2D eigenvalue weighted by Gasteiger charge is 2.00. The van der Waals surface area contributed by atoms with Gasteiger partial charge in [-0.3, -0.25) is 4.98 Å². The van der Waals surface area contributed by atoms with Gasteiger partial charge >= 0.3 is 0 Å². The Kier molecular flexibility index (Phi) is 3.17. The number of benzene rings is 1. The van der Waals surface area contributed by atoms with Gasteiger partial charge in [0.25, 0.3) is 0 Å². The molecule has 0 N–H and O–H groups in total. The molecule has 2 aromatic rings. The summed E-state index contributed by atoms with van der Waals surface area (Å²) in [6.07, 6.45) is 5.19. The third-order valence-electron chi connectivity index (χ3n) is 2.34. The van der Waals surface area contributed by atoms with Gasteiger partial charge in [0.05, 0.1) is 16.7 Å². The van der Waals surface area contributed by atoms with Crippen LogP contribution in [-0.4, -0.2) is 9.97 Å². The molecule has 0 saturated carbocycles. The van der Waals surface area contributed by atoms with Crippen LogP contribution in [0, 0.1) is 0 Å². The Hall–Kier alpha value is -1.15. The number of fused-ring (bicyclic) bond motifs is 1. The molecule has 15 heavy (non-hydrogen) atoms. The molecule has 0 unspecified atom stereocenters. The largest absolute Gasteiger partial charge is 0.253 e. The summed E-state index contributed by atoms with van der Waals surface area (Å²) in [5.74, 6) is 0. The van der Waals surface area contributed by atoms with Crippen LogP contribution in [0.3, 0.4) is 0 Å². The van der Waals surface area contributed by atoms with Crippen molar-refractivity contribution < 1.29 is 0 Å². The maximum atomic E-state index is 5.87. The number of nitrogens with zero attached hydrogens (tertiary/aromatic N) is 2. The van der Waals surface area contributed by atoms with E-state index in [0.29, 0.717) is 5.02 Å². The third-order valence-corrected chi connectivity index (χ3v) is 2.58. The molecule has 0 aliphatic carbocycles. The minimum atomic E-state index is 0.707. The van der Waals surface area contributed by atoms with E-state index in [1.165, 1.54) is 6.42 Å². The van der Waals surface area contributed by atoms with Gasteiger partial charge < -0.3 is 0 Å². The van der Waals surface area contributed by atoms with Crippen LogP contribution in [-0.2, 0) is 6.42 Å². The van der Waals surface area contributed by atoms with Gasteiger partial charge in [0, 0.05) is 11.2 Å². The van der Waals surface area contributed by atoms with E-state index in [2.05, 4.69) is 16.9 Å². The van der Waals surface area contributed by atoms with Crippen molar-refractivity contribution in [3.63, 3.8) is 0 Å². The van der Waals surface area contributed by atoms with E-state index < -0.39 is 0 Å². The maximum absolute atomic E-state index is 5.87. The SMILES string of the molecule is CCCCc1cnc2cc(Cl)ccc2n1. The standard InChI is InChI=1S/C12H13ClN2/c1-2-3-4-10-8-14-12-7-9(13)5-6-11(12)15-10/h5-8H,2-4H2,1H3. The fraction of sp³-hybridized carbons (Fsp3) is 0.333. The van der Waals surface area contributed by atoms with Crippen molar-refractivity contribution in [3.05, 3.63) is 35.1 Å². The molecule has 0 bridgehead atoms. The van der Waals surface area contributed by atoms with Crippen LogP contribution < -0.4 is 0 Å². The Morgan fingerprint density at radius 1 is 1.27 bits per heavy atom. The topological polar surface area (TPSA) is 25.8 Å². The lowest BCUT2D eigenvalue weighted by atomic mass is 10.2. The highest BCUT2D eigenvalue weighted by atomic mass is 35.5. The summed E-state index contributed by atoms with van der Waals surface area (Å²) in [7, 11) is 0. The minimum absolute atomic E-state index is 0.707. The second-order valence-electron chi connectivity index (χ2n) is 3.60. The zero-order valence-corrected chi connectivity index (χ0v) is 9.46. The van der Waals surface area contributed by atoms with E-state index in [9.17, 15) is 0 Å². The highest BCUT2D eigenvalue weighted by Crippen LogP contribution is 2.16. The van der Waals surface area contributed by atoms with E-state index in [-0.39, 0.29) is 0 Å². The van der Waals surface area contributed by atoms with Crippen LogP contribution in [0.2, 0.25) is 5.02 Å². The fourth-order valence-electron chi connectivity index (χ4n) is 1.50. The summed E-state index contributed by atoms with van der Waals surface area (Å²) in [4.78, 5) is 8.88. The summed E-state index contributed by atoms with van der Waals surface area (Å²) in [6.45, 7) is 2.17. The van der Waals surface area contributed by atoms with Gasteiger partial charge in [0.2, 0.25) is 0 Å². The predicted molar refractivity (Wildman–Crippen MR) is 63.2 cm³/mol. The first-order valence-corrected chi connectivity index (χ1v) is 5.58. The quantitative estimate of drug-likeness (QED) is 0.790. The molecular formula is C12H13ClN2. The molecule has 0 atom stereocenters. The lowest BCUT2D eigenvalue weighted by Crippen LogP contribution is -1.92. The van der Waals surface area contributed by atoms with Crippen molar-refractivity contribution in [2.24, 2.45) is 0 Å². The van der Waals surface area contributed by atoms with Crippen LogP contribution in [0.15, 0.2) is 24.4 Å². The normalized spacial score (nSPS) is 10.8. The molecular weight excluding hydrogens is 208 g/mol. The zero-order valence-electron chi connectivity index (χ0n) is 8.70. The first-order valence-electron chi connectivity index (χ1n) is 5.21. The fourth-order valence-corrected chi connectivity index (χ4v) is 1.67. The molecule has 1 aromatic carbocycles. The Balaban J connectivity index is 2.34. The summed E-state index contributed by atoms with van der Waals surface area (Å²) >= 11 is 5.87. The molecule has 0 fully saturated rings. The van der Waals surface area contributed by atoms with Gasteiger partial charge in [-0.1, -0.05) is 24.9 Å². The monoisotopic (exact) mass is 220 g/mol. The number of hydrogen-bond acceptors (Lipinski definition) is 2. The molecule has 0 radical (unpaired) electrons. The van der Waals surface area contributed by atoms with Crippen molar-refractivity contribution in [3.8, 4) is 0 Å². The Morgan fingerprint density at radius 2 is 2.13 bits per heavy atom. The second-order valence-corrected chi connectivity index (χ2v) is 4.03. The van der Waals surface area contributed by atoms with Crippen LogP contribution in [0.25, 0.3) is 11.0 Å². The first-order chi connectivity index (χ1) is 7.29. The summed E-state index contributed by atoms with van der Waals surface area (Å²) < 4.78 is 0. The molecule has 78 valence electrons. The predicted octanol–water partition coefficient (Wildman–Crippen LogP) is 3.63. The van der Waals surface area contributed by atoms with Crippen molar-refractivity contribution in [1.29, 1.82) is 0 Å². The number of aromatic nitrogens is 2. The Labute approximate surface area is 94.3 Å². The van der Waals surface area contributed by atoms with Gasteiger partial charge in [0.15, 0.2) is 0 Å². The Bertz CT molecular complexity index is 468. The van der Waals surface area contributed by atoms with Gasteiger partial charge in [-0.25, -0.2) is 4.98 Å². The van der Waals surface area contributed by atoms with Crippen molar-refractivity contribution >= 4 is 22.6 Å². The molecule has 0 amide bonds. The first kappa shape index (κ1) is 10.4. The van der Waals surface area contributed by atoms with Crippen molar-refractivity contribution in [2.45, 2.75) is 26.2 Å². The molecule has 3 heteroatoms. The number of rotatable bonds is 3. The van der Waals surface area contributed by atoms with E-state index in [4.69, 9.17) is 11.6 Å². The van der Waals surface area contributed by atoms with Crippen molar-refractivity contribution in [1.82, 2.24) is 9.97 Å². The molecule has 0 saturated heterocycles. The van der Waals surface area contributed by atoms with E-state index in [1.807, 2.05) is 24.4 Å². The number of unbranched alkanes of at least 4 members (excludes halogenated alkanes) is 1. The van der Waals surface area contributed by atoms with Crippen LogP contribution >= 0.6 is 11.6 Å². The molecule has 0 aliphatic rings. The van der Waals surface area contributed by atoms with Crippen LogP contribution in [0.4, 0.5) is 0 Å². The average Bonchev–Trinajstić information content (AvgIpc) is 2.26. The summed E-state index contributed by atoms with van der Waals surface area (Å²) in [5, 5.41) is 0.707. The number of hydrogen-bond donors (Lipinski definition) is 0. The molecule has 2 nitrogen and oxygen atoms in total. The van der Waals surface area contributed by atoms with Gasteiger partial charge in [-0.15, -0.1) is 0 Å². The van der Waals surface area contributed by atoms with Crippen molar-refractivity contribution in [2.75, 3.05) is 0 Å². The smallest absolute Gasteiger partial charge is 0.0901 e. The molecule has 1 aromatic heterocycles. The molecule has 0 spiro atoms. The lowest BCUT2D eigenvalue weighted by Gasteiger charge is -2.01. The minimum Gasteiger partial charge on any atom is -0.253 e. The average molecular weight is 221 g/mol. The summed E-state index contributed by atoms with van der Waals surface area (Å²) in [6, 6.07) is 5.61. The van der Waals surface area contributed by atoms with Crippen LogP contribution in [0.1, 0.15) is 25.5 Å². The molecule has 0 aliphatic heterocycles. The third kappa shape index (κ3) is 2.45. The molecule has 2 rings (SSSR count). The maximum Gasteiger partial charge on any atom is 0.0901 e. The van der Waals surface area contributed by atoms with Gasteiger partial charge in [0.1, 0.15) is 0 Å². The van der Waals surface area contributed by atoms with E-state index in [1.54, 1.807) is 0 Å². The molecule has 1 heterocycles.